The zero-order chi connectivity index (χ0) is 18.0. The molecule has 0 saturated heterocycles. The minimum Gasteiger partial charge on any atom is -0.497 e. The second-order valence-electron chi connectivity index (χ2n) is 5.67. The van der Waals surface area contributed by atoms with Gasteiger partial charge < -0.3 is 9.64 Å². The molecule has 0 spiro atoms. The lowest BCUT2D eigenvalue weighted by Gasteiger charge is -2.18. The summed E-state index contributed by atoms with van der Waals surface area (Å²) in [5.41, 5.74) is 1.63. The first kappa shape index (κ1) is 17.1. The molecule has 0 aromatic heterocycles. The van der Waals surface area contributed by atoms with Gasteiger partial charge >= 0.3 is 6.18 Å². The molecule has 3 rings (SSSR count). The predicted octanol–water partition coefficient (Wildman–Crippen LogP) is 4.23. The van der Waals surface area contributed by atoms with Crippen LogP contribution in [-0.2, 0) is 11.2 Å². The van der Waals surface area contributed by atoms with Crippen molar-refractivity contribution in [2.24, 2.45) is 0 Å². The highest BCUT2D eigenvalue weighted by atomic mass is 19.4. The van der Waals surface area contributed by atoms with Crippen molar-refractivity contribution in [3.63, 3.8) is 0 Å². The molecule has 0 unspecified atom stereocenters. The monoisotopic (exact) mass is 347 g/mol. The number of hydrogen-bond donors (Lipinski definition) is 0. The molecule has 25 heavy (non-hydrogen) atoms. The highest BCUT2D eigenvalue weighted by Crippen LogP contribution is 2.34. The number of nitrogens with zero attached hydrogens (tertiary/aromatic N) is 1. The minimum absolute atomic E-state index is 0.242. The maximum Gasteiger partial charge on any atom is 0.454 e. The molecule has 0 bridgehead atoms. The average Bonchev–Trinajstić information content (AvgIpc) is 3.01. The standard InChI is InChI=1S/C19H16F3NO2/c1-25-15-7-8-17-14(11-15)9-10-23(17)12-16(18(24)19(20,21)22)13-5-3-2-4-6-13/h2-8,11-12H,9-10H2,1H3/b16-12-. The summed E-state index contributed by atoms with van der Waals surface area (Å²) in [6.45, 7) is 0.504. The molecular formula is C19H16F3NO2. The van der Waals surface area contributed by atoms with Crippen LogP contribution in [0, 0.1) is 0 Å². The van der Waals surface area contributed by atoms with Gasteiger partial charge in [-0.1, -0.05) is 30.3 Å². The molecule has 0 aliphatic carbocycles. The Morgan fingerprint density at radius 3 is 2.52 bits per heavy atom. The highest BCUT2D eigenvalue weighted by molar-refractivity contribution is 6.23. The summed E-state index contributed by atoms with van der Waals surface area (Å²) < 4.78 is 44.3. The topological polar surface area (TPSA) is 29.5 Å². The number of anilines is 1. The molecule has 130 valence electrons. The fourth-order valence-corrected chi connectivity index (χ4v) is 2.86. The fourth-order valence-electron chi connectivity index (χ4n) is 2.86. The Morgan fingerprint density at radius 1 is 1.16 bits per heavy atom. The fraction of sp³-hybridized carbons (Fsp3) is 0.211. The molecule has 0 atom stereocenters. The molecule has 2 aromatic carbocycles. The Bertz CT molecular complexity index is 813. The maximum absolute atomic E-state index is 13.0. The molecule has 0 saturated carbocycles. The Kier molecular flexibility index (Phi) is 4.53. The lowest BCUT2D eigenvalue weighted by Crippen LogP contribution is -2.26. The van der Waals surface area contributed by atoms with Crippen molar-refractivity contribution in [2.45, 2.75) is 12.6 Å². The third kappa shape index (κ3) is 3.52. The number of ketones is 1. The van der Waals surface area contributed by atoms with Gasteiger partial charge in [0.25, 0.3) is 5.78 Å². The van der Waals surface area contributed by atoms with E-state index in [0.717, 1.165) is 11.3 Å². The second-order valence-corrected chi connectivity index (χ2v) is 5.67. The molecule has 1 aliphatic heterocycles. The molecule has 0 fully saturated rings. The third-order valence-electron chi connectivity index (χ3n) is 4.09. The number of ether oxygens (including phenoxy) is 1. The van der Waals surface area contributed by atoms with Crippen LogP contribution in [0.5, 0.6) is 5.75 Å². The van der Waals surface area contributed by atoms with Gasteiger partial charge in [-0.2, -0.15) is 13.2 Å². The van der Waals surface area contributed by atoms with Gasteiger partial charge in [-0.05, 0) is 35.7 Å². The number of carbonyl (C=O) groups excluding carboxylic acids is 1. The summed E-state index contributed by atoms with van der Waals surface area (Å²) in [7, 11) is 1.56. The lowest BCUT2D eigenvalue weighted by atomic mass is 10.0. The third-order valence-corrected chi connectivity index (χ3v) is 4.09. The number of allylic oxidation sites excluding steroid dienone is 1. The van der Waals surface area contributed by atoms with Crippen molar-refractivity contribution in [2.75, 3.05) is 18.6 Å². The van der Waals surface area contributed by atoms with Crippen LogP contribution in [0.25, 0.3) is 5.57 Å². The van der Waals surface area contributed by atoms with Crippen molar-refractivity contribution in [1.82, 2.24) is 0 Å². The Hall–Kier alpha value is -2.76. The van der Waals surface area contributed by atoms with E-state index in [1.54, 1.807) is 42.3 Å². The summed E-state index contributed by atoms with van der Waals surface area (Å²) in [4.78, 5) is 13.6. The van der Waals surface area contributed by atoms with Crippen molar-refractivity contribution in [1.29, 1.82) is 0 Å². The van der Waals surface area contributed by atoms with Crippen LogP contribution in [-0.4, -0.2) is 25.6 Å². The summed E-state index contributed by atoms with van der Waals surface area (Å²) in [6, 6.07) is 13.3. The van der Waals surface area contributed by atoms with Crippen LogP contribution in [0.2, 0.25) is 0 Å². The number of methoxy groups -OCH3 is 1. The molecule has 0 radical (unpaired) electrons. The predicted molar refractivity (Wildman–Crippen MR) is 89.5 cm³/mol. The van der Waals surface area contributed by atoms with Gasteiger partial charge in [-0.25, -0.2) is 0 Å². The number of fused-ring (bicyclic) bond motifs is 1. The summed E-state index contributed by atoms with van der Waals surface area (Å²) in [5.74, 6) is -1.15. The number of carbonyl (C=O) groups is 1. The molecule has 1 heterocycles. The van der Waals surface area contributed by atoms with Gasteiger partial charge in [-0.3, -0.25) is 4.79 Å². The van der Waals surface area contributed by atoms with E-state index in [1.165, 1.54) is 18.3 Å². The zero-order valence-electron chi connectivity index (χ0n) is 13.5. The minimum atomic E-state index is -4.93. The molecule has 3 nitrogen and oxygen atoms in total. The molecule has 6 heteroatoms. The van der Waals surface area contributed by atoms with Crippen LogP contribution < -0.4 is 9.64 Å². The van der Waals surface area contributed by atoms with E-state index >= 15 is 0 Å². The lowest BCUT2D eigenvalue weighted by molar-refractivity contribution is -0.164. The van der Waals surface area contributed by atoms with E-state index in [-0.39, 0.29) is 11.1 Å². The molecule has 2 aromatic rings. The van der Waals surface area contributed by atoms with Crippen LogP contribution in [0.1, 0.15) is 11.1 Å². The highest BCUT2D eigenvalue weighted by Gasteiger charge is 2.41. The van der Waals surface area contributed by atoms with Crippen LogP contribution in [0.3, 0.4) is 0 Å². The number of benzene rings is 2. The molecular weight excluding hydrogens is 331 g/mol. The van der Waals surface area contributed by atoms with E-state index in [9.17, 15) is 18.0 Å². The SMILES string of the molecule is COc1ccc2c(c1)CCN2/C=C(\C(=O)C(F)(F)F)c1ccccc1. The van der Waals surface area contributed by atoms with Gasteiger partial charge in [0.2, 0.25) is 0 Å². The average molecular weight is 347 g/mol. The Balaban J connectivity index is 2.03. The van der Waals surface area contributed by atoms with Crippen molar-refractivity contribution in [3.05, 3.63) is 65.9 Å². The van der Waals surface area contributed by atoms with Crippen LogP contribution in [0.4, 0.5) is 18.9 Å². The normalized spacial score (nSPS) is 14.4. The number of hydrogen-bond acceptors (Lipinski definition) is 3. The van der Waals surface area contributed by atoms with Crippen LogP contribution in [0.15, 0.2) is 54.7 Å². The van der Waals surface area contributed by atoms with E-state index in [2.05, 4.69) is 0 Å². The van der Waals surface area contributed by atoms with E-state index in [1.807, 2.05) is 6.07 Å². The molecule has 0 amide bonds. The Morgan fingerprint density at radius 2 is 1.88 bits per heavy atom. The second kappa shape index (κ2) is 6.63. The Labute approximate surface area is 143 Å². The largest absolute Gasteiger partial charge is 0.497 e. The van der Waals surface area contributed by atoms with Gasteiger partial charge in [0, 0.05) is 18.4 Å². The van der Waals surface area contributed by atoms with Gasteiger partial charge in [0.1, 0.15) is 5.75 Å². The first-order valence-electron chi connectivity index (χ1n) is 7.72. The molecule has 0 N–H and O–H groups in total. The smallest absolute Gasteiger partial charge is 0.454 e. The first-order valence-corrected chi connectivity index (χ1v) is 7.72. The zero-order valence-corrected chi connectivity index (χ0v) is 13.5. The van der Waals surface area contributed by atoms with Gasteiger partial charge in [0.05, 0.1) is 12.7 Å². The number of halogens is 3. The quantitative estimate of drug-likeness (QED) is 0.775. The molecule has 1 aliphatic rings. The van der Waals surface area contributed by atoms with Crippen molar-refractivity contribution < 1.29 is 22.7 Å². The van der Waals surface area contributed by atoms with Crippen molar-refractivity contribution >= 4 is 17.0 Å². The van der Waals surface area contributed by atoms with E-state index in [0.29, 0.717) is 18.7 Å². The van der Waals surface area contributed by atoms with Gasteiger partial charge in [0.15, 0.2) is 0 Å². The van der Waals surface area contributed by atoms with E-state index in [4.69, 9.17) is 4.74 Å². The maximum atomic E-state index is 13.0. The van der Waals surface area contributed by atoms with Crippen molar-refractivity contribution in [3.8, 4) is 5.75 Å². The van der Waals surface area contributed by atoms with Crippen LogP contribution >= 0.6 is 0 Å². The summed E-state index contributed by atoms with van der Waals surface area (Å²) in [6.07, 6.45) is -2.96. The summed E-state index contributed by atoms with van der Waals surface area (Å²) in [5, 5.41) is 0. The summed E-state index contributed by atoms with van der Waals surface area (Å²) >= 11 is 0. The number of alkyl halides is 3. The first-order chi connectivity index (χ1) is 11.9. The number of rotatable bonds is 4. The van der Waals surface area contributed by atoms with Gasteiger partial charge in [-0.15, -0.1) is 0 Å². The van der Waals surface area contributed by atoms with E-state index < -0.39 is 12.0 Å². The number of Topliss-reactive ketones (excluding diaryl/α,β-unsaturated/α-hetero) is 1.